The predicted molar refractivity (Wildman–Crippen MR) is 84.3 cm³/mol. The van der Waals surface area contributed by atoms with E-state index in [1.165, 1.54) is 17.3 Å². The third-order valence-corrected chi connectivity index (χ3v) is 3.65. The number of para-hydroxylation sites is 1. The number of carbonyl (C=O) groups is 1. The largest absolute Gasteiger partial charge is 0.354 e. The monoisotopic (exact) mass is 297 g/mol. The van der Waals surface area contributed by atoms with Gasteiger partial charge in [0.25, 0.3) is 0 Å². The zero-order valence-corrected chi connectivity index (χ0v) is 12.6. The predicted octanol–water partition coefficient (Wildman–Crippen LogP) is 1.75. The fourth-order valence-electron chi connectivity index (χ4n) is 2.59. The number of hydrogen-bond donors (Lipinski definition) is 1. The second-order valence-electron chi connectivity index (χ2n) is 5.32. The van der Waals surface area contributed by atoms with Gasteiger partial charge in [-0.2, -0.15) is 5.10 Å². The first-order valence-corrected chi connectivity index (χ1v) is 7.37. The highest BCUT2D eigenvalue weighted by Crippen LogP contribution is 2.19. The lowest BCUT2D eigenvalue weighted by Gasteiger charge is -2.07. The summed E-state index contributed by atoms with van der Waals surface area (Å²) >= 11 is 0. The van der Waals surface area contributed by atoms with E-state index in [1.807, 2.05) is 29.0 Å². The third kappa shape index (κ3) is 3.16. The van der Waals surface area contributed by atoms with Crippen LogP contribution in [0.4, 0.5) is 0 Å². The Labute approximate surface area is 128 Å². The summed E-state index contributed by atoms with van der Waals surface area (Å²) in [5.41, 5.74) is 2.28. The van der Waals surface area contributed by atoms with E-state index in [0.29, 0.717) is 13.1 Å². The molecule has 0 spiro atoms. The van der Waals surface area contributed by atoms with Gasteiger partial charge in [-0.1, -0.05) is 18.2 Å². The van der Waals surface area contributed by atoms with Crippen molar-refractivity contribution in [3.63, 3.8) is 0 Å². The summed E-state index contributed by atoms with van der Waals surface area (Å²) in [4.78, 5) is 15.9. The van der Waals surface area contributed by atoms with Gasteiger partial charge in [0.05, 0.1) is 0 Å². The van der Waals surface area contributed by atoms with Crippen molar-refractivity contribution < 1.29 is 4.79 Å². The van der Waals surface area contributed by atoms with Crippen molar-refractivity contribution >= 4 is 16.8 Å². The molecule has 22 heavy (non-hydrogen) atoms. The maximum atomic E-state index is 12.1. The number of carbonyl (C=O) groups excluding carboxylic acids is 1. The van der Waals surface area contributed by atoms with E-state index in [2.05, 4.69) is 28.4 Å². The summed E-state index contributed by atoms with van der Waals surface area (Å²) in [6.45, 7) is 3.80. The van der Waals surface area contributed by atoms with Crippen LogP contribution in [0.2, 0.25) is 0 Å². The highest BCUT2D eigenvalue weighted by molar-refractivity contribution is 5.85. The summed E-state index contributed by atoms with van der Waals surface area (Å²) in [5.74, 6) is 0.0272. The Hall–Kier alpha value is -2.63. The molecule has 6 nitrogen and oxygen atoms in total. The van der Waals surface area contributed by atoms with E-state index in [-0.39, 0.29) is 5.91 Å². The van der Waals surface area contributed by atoms with Crippen LogP contribution in [0.5, 0.6) is 0 Å². The lowest BCUT2D eigenvalue weighted by Crippen LogP contribution is -2.28. The molecule has 1 amide bonds. The maximum Gasteiger partial charge on any atom is 0.239 e. The SMILES string of the molecule is Cc1cn(CC(=O)NCCCn2cncn2)c2ccccc12. The number of fused-ring (bicyclic) bond motifs is 1. The molecule has 0 saturated heterocycles. The smallest absolute Gasteiger partial charge is 0.239 e. The van der Waals surface area contributed by atoms with Crippen molar-refractivity contribution in [1.29, 1.82) is 0 Å². The molecule has 0 bridgehead atoms. The molecular formula is C16H19N5O. The molecule has 0 aliphatic rings. The Morgan fingerprint density at radius 2 is 2.18 bits per heavy atom. The van der Waals surface area contributed by atoms with E-state index >= 15 is 0 Å². The molecule has 1 aromatic carbocycles. The van der Waals surface area contributed by atoms with Crippen molar-refractivity contribution in [3.8, 4) is 0 Å². The fourth-order valence-corrected chi connectivity index (χ4v) is 2.59. The van der Waals surface area contributed by atoms with Gasteiger partial charge in [-0.05, 0) is 25.0 Å². The number of hydrogen-bond acceptors (Lipinski definition) is 3. The molecule has 3 aromatic rings. The van der Waals surface area contributed by atoms with Gasteiger partial charge in [0, 0.05) is 30.2 Å². The van der Waals surface area contributed by atoms with Crippen molar-refractivity contribution in [1.82, 2.24) is 24.6 Å². The molecule has 0 aliphatic carbocycles. The second-order valence-corrected chi connectivity index (χ2v) is 5.32. The van der Waals surface area contributed by atoms with Gasteiger partial charge in [-0.3, -0.25) is 9.48 Å². The first-order chi connectivity index (χ1) is 10.7. The van der Waals surface area contributed by atoms with E-state index in [1.54, 1.807) is 11.0 Å². The molecule has 0 saturated carbocycles. The van der Waals surface area contributed by atoms with Crippen molar-refractivity contribution in [2.45, 2.75) is 26.4 Å². The number of aryl methyl sites for hydroxylation is 2. The zero-order chi connectivity index (χ0) is 15.4. The van der Waals surface area contributed by atoms with Crippen molar-refractivity contribution in [2.24, 2.45) is 0 Å². The molecule has 0 radical (unpaired) electrons. The third-order valence-electron chi connectivity index (χ3n) is 3.65. The van der Waals surface area contributed by atoms with Gasteiger partial charge in [0.15, 0.2) is 0 Å². The minimum absolute atomic E-state index is 0.0272. The second kappa shape index (κ2) is 6.43. The van der Waals surface area contributed by atoms with Crippen LogP contribution in [0.3, 0.4) is 0 Å². The van der Waals surface area contributed by atoms with Crippen LogP contribution >= 0.6 is 0 Å². The van der Waals surface area contributed by atoms with Crippen molar-refractivity contribution in [2.75, 3.05) is 6.54 Å². The molecular weight excluding hydrogens is 278 g/mol. The Morgan fingerprint density at radius 1 is 1.32 bits per heavy atom. The highest BCUT2D eigenvalue weighted by atomic mass is 16.1. The van der Waals surface area contributed by atoms with Crippen LogP contribution in [-0.2, 0) is 17.9 Å². The van der Waals surface area contributed by atoms with E-state index in [9.17, 15) is 4.79 Å². The molecule has 1 N–H and O–H groups in total. The van der Waals surface area contributed by atoms with Gasteiger partial charge in [0.2, 0.25) is 5.91 Å². The normalized spacial score (nSPS) is 11.0. The minimum Gasteiger partial charge on any atom is -0.354 e. The van der Waals surface area contributed by atoms with Crippen LogP contribution in [0.15, 0.2) is 43.1 Å². The van der Waals surface area contributed by atoms with Gasteiger partial charge in [0.1, 0.15) is 19.2 Å². The van der Waals surface area contributed by atoms with Gasteiger partial charge < -0.3 is 9.88 Å². The van der Waals surface area contributed by atoms with E-state index in [4.69, 9.17) is 0 Å². The number of rotatable bonds is 6. The Kier molecular flexibility index (Phi) is 4.18. The average Bonchev–Trinajstić information content (AvgIpc) is 3.13. The molecule has 0 atom stereocenters. The van der Waals surface area contributed by atoms with Gasteiger partial charge >= 0.3 is 0 Å². The van der Waals surface area contributed by atoms with E-state index in [0.717, 1.165) is 18.5 Å². The summed E-state index contributed by atoms with van der Waals surface area (Å²) in [6, 6.07) is 8.13. The van der Waals surface area contributed by atoms with Crippen LogP contribution in [0.1, 0.15) is 12.0 Å². The maximum absolute atomic E-state index is 12.1. The summed E-state index contributed by atoms with van der Waals surface area (Å²) in [5, 5.41) is 8.17. The van der Waals surface area contributed by atoms with Crippen molar-refractivity contribution in [3.05, 3.63) is 48.7 Å². The lowest BCUT2D eigenvalue weighted by molar-refractivity contribution is -0.121. The number of aromatic nitrogens is 4. The van der Waals surface area contributed by atoms with Gasteiger partial charge in [-0.15, -0.1) is 0 Å². The highest BCUT2D eigenvalue weighted by Gasteiger charge is 2.08. The van der Waals surface area contributed by atoms with Gasteiger partial charge in [-0.25, -0.2) is 4.98 Å². The molecule has 114 valence electrons. The number of benzene rings is 1. The molecule has 2 aromatic heterocycles. The number of nitrogens with one attached hydrogen (secondary N) is 1. The molecule has 2 heterocycles. The standard InChI is InChI=1S/C16H19N5O/c1-13-9-20(15-6-3-2-5-14(13)15)10-16(22)18-7-4-8-21-12-17-11-19-21/h2-3,5-6,9,11-12H,4,7-8,10H2,1H3,(H,18,22). The summed E-state index contributed by atoms with van der Waals surface area (Å²) < 4.78 is 3.76. The molecule has 3 rings (SSSR count). The first-order valence-electron chi connectivity index (χ1n) is 7.37. The van der Waals surface area contributed by atoms with E-state index < -0.39 is 0 Å². The Bertz CT molecular complexity index is 760. The zero-order valence-electron chi connectivity index (χ0n) is 12.6. The molecule has 0 aliphatic heterocycles. The average molecular weight is 297 g/mol. The molecule has 0 unspecified atom stereocenters. The molecule has 6 heteroatoms. The van der Waals surface area contributed by atoms with Crippen LogP contribution in [-0.4, -0.2) is 31.8 Å². The molecule has 0 fully saturated rings. The fraction of sp³-hybridized carbons (Fsp3) is 0.312. The van der Waals surface area contributed by atoms with Crippen LogP contribution in [0, 0.1) is 6.92 Å². The van der Waals surface area contributed by atoms with Crippen LogP contribution < -0.4 is 5.32 Å². The minimum atomic E-state index is 0.0272. The Morgan fingerprint density at radius 3 is 3.00 bits per heavy atom. The number of amides is 1. The number of nitrogens with zero attached hydrogens (tertiary/aromatic N) is 4. The summed E-state index contributed by atoms with van der Waals surface area (Å²) in [7, 11) is 0. The lowest BCUT2D eigenvalue weighted by atomic mass is 10.2. The quantitative estimate of drug-likeness (QED) is 0.705. The summed E-state index contributed by atoms with van der Waals surface area (Å²) in [6.07, 6.45) is 6.05. The van der Waals surface area contributed by atoms with Crippen LogP contribution in [0.25, 0.3) is 10.9 Å². The Balaban J connectivity index is 1.52. The topological polar surface area (TPSA) is 64.7 Å². The first kappa shape index (κ1) is 14.3.